The quantitative estimate of drug-likeness (QED) is 0.320. The van der Waals surface area contributed by atoms with Gasteiger partial charge in [-0.3, -0.25) is 0 Å². The summed E-state index contributed by atoms with van der Waals surface area (Å²) in [7, 11) is 0. The van der Waals surface area contributed by atoms with Gasteiger partial charge < -0.3 is 9.80 Å². The molecular weight excluding hydrogens is 316 g/mol. The number of likely N-dealkylation sites (tertiary alicyclic amines) is 1. The molecule has 0 unspecified atom stereocenters. The van der Waals surface area contributed by atoms with Gasteiger partial charge in [0.15, 0.2) is 0 Å². The van der Waals surface area contributed by atoms with Gasteiger partial charge in [0.25, 0.3) is 0 Å². The van der Waals surface area contributed by atoms with E-state index in [1.54, 1.807) is 0 Å². The fourth-order valence-electron chi connectivity index (χ4n) is 3.95. The summed E-state index contributed by atoms with van der Waals surface area (Å²) in [5.41, 5.74) is 0. The van der Waals surface area contributed by atoms with Gasteiger partial charge in [-0.15, -0.1) is 0 Å². The summed E-state index contributed by atoms with van der Waals surface area (Å²) in [4.78, 5) is 5.47. The molecule has 0 aromatic heterocycles. The van der Waals surface area contributed by atoms with Crippen LogP contribution in [0.3, 0.4) is 0 Å². The van der Waals surface area contributed by atoms with Crippen LogP contribution in [0.1, 0.15) is 105 Å². The lowest BCUT2D eigenvalue weighted by Gasteiger charge is -2.25. The zero-order valence-electron chi connectivity index (χ0n) is 18.8. The second-order valence-corrected chi connectivity index (χ2v) is 9.58. The Morgan fingerprint density at radius 1 is 0.615 bits per heavy atom. The summed E-state index contributed by atoms with van der Waals surface area (Å²) in [6, 6.07) is 0. The van der Waals surface area contributed by atoms with Crippen LogP contribution >= 0.6 is 0 Å². The molecule has 0 amide bonds. The molecule has 1 aliphatic heterocycles. The van der Waals surface area contributed by atoms with Crippen molar-refractivity contribution in [2.45, 2.75) is 105 Å². The molecule has 0 aromatic rings. The highest BCUT2D eigenvalue weighted by atomic mass is 15.1. The molecule has 156 valence electrons. The third-order valence-electron chi connectivity index (χ3n) is 5.94. The van der Waals surface area contributed by atoms with E-state index in [4.69, 9.17) is 0 Å². The first-order valence-corrected chi connectivity index (χ1v) is 12.0. The average Bonchev–Trinajstić information content (AvgIpc) is 2.56. The normalized spacial score (nSPS) is 17.2. The lowest BCUT2D eigenvalue weighted by atomic mass is 10.1. The third-order valence-corrected chi connectivity index (χ3v) is 5.94. The lowest BCUT2D eigenvalue weighted by molar-refractivity contribution is 0.234. The Labute approximate surface area is 166 Å². The molecule has 0 radical (unpaired) electrons. The molecule has 0 aromatic carbocycles. The molecule has 1 rings (SSSR count). The molecule has 1 heterocycles. The summed E-state index contributed by atoms with van der Waals surface area (Å²) < 4.78 is 0. The summed E-state index contributed by atoms with van der Waals surface area (Å²) in [5.74, 6) is 1.67. The number of unbranched alkanes of at least 4 members (excludes halogenated alkanes) is 4. The van der Waals surface area contributed by atoms with Crippen LogP contribution in [0.2, 0.25) is 0 Å². The van der Waals surface area contributed by atoms with Crippen molar-refractivity contribution in [1.29, 1.82) is 0 Å². The van der Waals surface area contributed by atoms with Gasteiger partial charge in [-0.25, -0.2) is 0 Å². The largest absolute Gasteiger partial charge is 0.303 e. The average molecular weight is 367 g/mol. The molecule has 0 atom stereocenters. The minimum Gasteiger partial charge on any atom is -0.303 e. The van der Waals surface area contributed by atoms with Crippen molar-refractivity contribution < 1.29 is 0 Å². The molecular formula is C24H50N2. The van der Waals surface area contributed by atoms with Crippen molar-refractivity contribution in [2.24, 2.45) is 11.8 Å². The predicted molar refractivity (Wildman–Crippen MR) is 118 cm³/mol. The van der Waals surface area contributed by atoms with E-state index in [0.29, 0.717) is 0 Å². The molecule has 1 saturated heterocycles. The standard InChI is InChI=1S/C24H50N2/c1-23(2)15-21-26(22-16-24(3)4)20-14-10-6-9-13-19-25-17-11-7-5-8-12-18-25/h23-24H,5-22H2,1-4H3. The molecule has 0 spiro atoms. The molecule has 2 heteroatoms. The van der Waals surface area contributed by atoms with Gasteiger partial charge in [-0.05, 0) is 89.6 Å². The first kappa shape index (κ1) is 24.0. The van der Waals surface area contributed by atoms with Crippen LogP contribution in [0.5, 0.6) is 0 Å². The minimum absolute atomic E-state index is 0.833. The van der Waals surface area contributed by atoms with Gasteiger partial charge in [-0.1, -0.05) is 66.2 Å². The zero-order chi connectivity index (χ0) is 19.0. The molecule has 0 N–H and O–H groups in total. The maximum Gasteiger partial charge on any atom is -0.00163 e. The Kier molecular flexibility index (Phi) is 14.7. The van der Waals surface area contributed by atoms with Crippen molar-refractivity contribution in [3.8, 4) is 0 Å². The Morgan fingerprint density at radius 3 is 1.69 bits per heavy atom. The van der Waals surface area contributed by atoms with Crippen LogP contribution in [0.25, 0.3) is 0 Å². The zero-order valence-corrected chi connectivity index (χ0v) is 18.8. The number of hydrogen-bond donors (Lipinski definition) is 0. The van der Waals surface area contributed by atoms with E-state index in [9.17, 15) is 0 Å². The molecule has 26 heavy (non-hydrogen) atoms. The summed E-state index contributed by atoms with van der Waals surface area (Å²) >= 11 is 0. The highest BCUT2D eigenvalue weighted by Crippen LogP contribution is 2.13. The van der Waals surface area contributed by atoms with Gasteiger partial charge in [0.05, 0.1) is 0 Å². The molecule has 0 saturated carbocycles. The fraction of sp³-hybridized carbons (Fsp3) is 1.00. The second-order valence-electron chi connectivity index (χ2n) is 9.58. The van der Waals surface area contributed by atoms with Gasteiger partial charge in [0.2, 0.25) is 0 Å². The first-order chi connectivity index (χ1) is 12.6. The molecule has 1 fully saturated rings. The lowest BCUT2D eigenvalue weighted by Crippen LogP contribution is -2.29. The summed E-state index contributed by atoms with van der Waals surface area (Å²) in [6.45, 7) is 17.4. The topological polar surface area (TPSA) is 6.48 Å². The Bertz CT molecular complexity index is 281. The van der Waals surface area contributed by atoms with E-state index in [1.165, 1.54) is 116 Å². The smallest absolute Gasteiger partial charge is 0.00163 e. The fourth-order valence-corrected chi connectivity index (χ4v) is 3.95. The maximum absolute atomic E-state index is 2.74. The van der Waals surface area contributed by atoms with Crippen molar-refractivity contribution in [3.63, 3.8) is 0 Å². The highest BCUT2D eigenvalue weighted by Gasteiger charge is 2.09. The Balaban J connectivity index is 2.04. The van der Waals surface area contributed by atoms with Gasteiger partial charge in [0, 0.05) is 0 Å². The van der Waals surface area contributed by atoms with Gasteiger partial charge >= 0.3 is 0 Å². The molecule has 0 bridgehead atoms. The van der Waals surface area contributed by atoms with Crippen molar-refractivity contribution in [1.82, 2.24) is 9.80 Å². The second kappa shape index (κ2) is 15.9. The van der Waals surface area contributed by atoms with Crippen LogP contribution < -0.4 is 0 Å². The SMILES string of the molecule is CC(C)CCN(CCCCCCCN1CCCCCCC1)CCC(C)C. The summed E-state index contributed by atoms with van der Waals surface area (Å²) in [5, 5.41) is 0. The van der Waals surface area contributed by atoms with Crippen LogP contribution in [0.15, 0.2) is 0 Å². The molecule has 1 aliphatic rings. The van der Waals surface area contributed by atoms with E-state index in [0.717, 1.165) is 11.8 Å². The van der Waals surface area contributed by atoms with E-state index < -0.39 is 0 Å². The Morgan fingerprint density at radius 2 is 1.12 bits per heavy atom. The van der Waals surface area contributed by atoms with Crippen LogP contribution in [0, 0.1) is 11.8 Å². The number of hydrogen-bond acceptors (Lipinski definition) is 2. The van der Waals surface area contributed by atoms with Crippen LogP contribution in [0.4, 0.5) is 0 Å². The minimum atomic E-state index is 0.833. The van der Waals surface area contributed by atoms with E-state index >= 15 is 0 Å². The maximum atomic E-state index is 2.74. The van der Waals surface area contributed by atoms with Crippen molar-refractivity contribution >= 4 is 0 Å². The predicted octanol–water partition coefficient (Wildman–Crippen LogP) is 6.60. The monoisotopic (exact) mass is 366 g/mol. The van der Waals surface area contributed by atoms with Crippen molar-refractivity contribution in [3.05, 3.63) is 0 Å². The Hall–Kier alpha value is -0.0800. The van der Waals surface area contributed by atoms with E-state index in [1.807, 2.05) is 0 Å². The number of nitrogens with zero attached hydrogens (tertiary/aromatic N) is 2. The van der Waals surface area contributed by atoms with Crippen LogP contribution in [-0.4, -0.2) is 49.1 Å². The van der Waals surface area contributed by atoms with Crippen LogP contribution in [-0.2, 0) is 0 Å². The van der Waals surface area contributed by atoms with Crippen molar-refractivity contribution in [2.75, 3.05) is 39.3 Å². The highest BCUT2D eigenvalue weighted by molar-refractivity contribution is 4.64. The molecule has 2 nitrogen and oxygen atoms in total. The first-order valence-electron chi connectivity index (χ1n) is 12.0. The van der Waals surface area contributed by atoms with E-state index in [2.05, 4.69) is 37.5 Å². The molecule has 0 aliphatic carbocycles. The van der Waals surface area contributed by atoms with Gasteiger partial charge in [0.1, 0.15) is 0 Å². The summed E-state index contributed by atoms with van der Waals surface area (Å²) in [6.07, 6.45) is 17.1. The third kappa shape index (κ3) is 14.0. The van der Waals surface area contributed by atoms with Gasteiger partial charge in [-0.2, -0.15) is 0 Å². The number of rotatable bonds is 14. The van der Waals surface area contributed by atoms with E-state index in [-0.39, 0.29) is 0 Å².